The molecule has 0 atom stereocenters. The van der Waals surface area contributed by atoms with E-state index < -0.39 is 58.1 Å². The van der Waals surface area contributed by atoms with Crippen LogP contribution in [0.3, 0.4) is 0 Å². The lowest BCUT2D eigenvalue weighted by Crippen LogP contribution is -2.12. The maximum atomic E-state index is 14.6. The number of alkyl halides is 12. The van der Waals surface area contributed by atoms with Gasteiger partial charge in [-0.15, -0.1) is 0 Å². The van der Waals surface area contributed by atoms with Gasteiger partial charge in [-0.05, 0) is 102 Å². The fraction of sp³-hybridized carbons (Fsp3) is 0.0943. The zero-order chi connectivity index (χ0) is 48.9. The molecule has 0 N–H and O–H groups in total. The van der Waals surface area contributed by atoms with Gasteiger partial charge in [-0.2, -0.15) is 57.9 Å². The second-order valence-corrected chi connectivity index (χ2v) is 16.3. The normalized spacial score (nSPS) is 12.7. The lowest BCUT2D eigenvalue weighted by Gasteiger charge is -2.19. The maximum absolute atomic E-state index is 14.6. The van der Waals surface area contributed by atoms with E-state index in [1.54, 1.807) is 107 Å². The van der Waals surface area contributed by atoms with Crippen LogP contribution >= 0.6 is 0 Å². The number of aromatic nitrogens is 3. The van der Waals surface area contributed by atoms with Crippen LogP contribution in [0.2, 0.25) is 0 Å². The summed E-state index contributed by atoms with van der Waals surface area (Å²) in [6, 6.07) is 36.1. The second-order valence-electron chi connectivity index (χ2n) is 16.3. The summed E-state index contributed by atoms with van der Waals surface area (Å²) >= 11 is 0. The van der Waals surface area contributed by atoms with Gasteiger partial charge in [0.15, 0.2) is 0 Å². The highest BCUT2D eigenvalue weighted by Gasteiger charge is 2.40. The van der Waals surface area contributed by atoms with Gasteiger partial charge in [0.25, 0.3) is 0 Å². The largest absolute Gasteiger partial charge is 0.417 e. The molecule has 0 aliphatic heterocycles. The molecule has 10 rings (SSSR count). The van der Waals surface area contributed by atoms with Crippen molar-refractivity contribution in [2.24, 2.45) is 0 Å². The van der Waals surface area contributed by atoms with Crippen molar-refractivity contribution >= 4 is 43.6 Å². The molecule has 344 valence electrons. The first-order valence-electron chi connectivity index (χ1n) is 20.8. The van der Waals surface area contributed by atoms with Gasteiger partial charge in [-0.1, -0.05) is 78.9 Å². The van der Waals surface area contributed by atoms with E-state index >= 15 is 0 Å². The van der Waals surface area contributed by atoms with E-state index in [9.17, 15) is 57.9 Å². The molecule has 0 aliphatic carbocycles. The van der Waals surface area contributed by atoms with Gasteiger partial charge in [0.1, 0.15) is 11.6 Å². The molecule has 0 radical (unpaired) electrons. The molecule has 0 fully saturated rings. The van der Waals surface area contributed by atoms with Crippen LogP contribution in [0, 0.1) is 18.3 Å². The Morgan fingerprint density at radius 2 is 0.855 bits per heavy atom. The van der Waals surface area contributed by atoms with E-state index in [-0.39, 0.29) is 51.2 Å². The van der Waals surface area contributed by atoms with E-state index in [1.165, 1.54) is 24.3 Å². The number of aryl methyl sites for hydroxylation is 1. The maximum Gasteiger partial charge on any atom is 0.417 e. The van der Waals surface area contributed by atoms with Crippen molar-refractivity contribution in [1.82, 2.24) is 14.1 Å². The number of para-hydroxylation sites is 2. The van der Waals surface area contributed by atoms with Crippen LogP contribution in [0.1, 0.15) is 33.5 Å². The number of fused-ring (bicyclic) bond motifs is 6. The predicted octanol–water partition coefficient (Wildman–Crippen LogP) is 16.5. The average molecular weight is 949 g/mol. The van der Waals surface area contributed by atoms with Gasteiger partial charge in [0, 0.05) is 32.8 Å². The molecular formula is C53H28F12N4. The predicted molar refractivity (Wildman–Crippen MR) is 239 cm³/mol. The number of hydrogen-bond donors (Lipinski definition) is 0. The van der Waals surface area contributed by atoms with Gasteiger partial charge in [-0.25, -0.2) is 0 Å². The summed E-state index contributed by atoms with van der Waals surface area (Å²) < 4.78 is 173. The molecule has 3 heterocycles. The Labute approximate surface area is 382 Å². The number of hydrogen-bond acceptors (Lipinski definition) is 2. The van der Waals surface area contributed by atoms with Gasteiger partial charge in [0.2, 0.25) is 0 Å². The Morgan fingerprint density at radius 3 is 1.26 bits per heavy atom. The SMILES string of the molecule is Cc1cccc(-c2cc(-n3c4ccccc4c4ccc(-c5ccc(C(F)(F)F)cc5C(F)(F)F)cc43)c(C#N)c(-n3c4ccccc4c4ccc(-c5ccc(C(F)(F)F)cc5C(F)(F)F)cc43)c2)n1. The molecule has 0 aliphatic rings. The summed E-state index contributed by atoms with van der Waals surface area (Å²) in [6.07, 6.45) is -20.5. The minimum absolute atomic E-state index is 0.0245. The van der Waals surface area contributed by atoms with Crippen LogP contribution in [0.25, 0.3) is 88.5 Å². The van der Waals surface area contributed by atoms with Crippen LogP contribution in [0.5, 0.6) is 0 Å². The van der Waals surface area contributed by atoms with Gasteiger partial charge < -0.3 is 9.13 Å². The quantitative estimate of drug-likeness (QED) is 0.161. The topological polar surface area (TPSA) is 46.5 Å². The third-order valence-corrected chi connectivity index (χ3v) is 12.1. The Kier molecular flexibility index (Phi) is 10.2. The lowest BCUT2D eigenvalue weighted by atomic mass is 9.95. The van der Waals surface area contributed by atoms with Gasteiger partial charge in [0.05, 0.1) is 61.4 Å². The monoisotopic (exact) mass is 948 g/mol. The molecule has 0 amide bonds. The van der Waals surface area contributed by atoms with Crippen molar-refractivity contribution in [2.75, 3.05) is 0 Å². The summed E-state index contributed by atoms with van der Waals surface area (Å²) in [7, 11) is 0. The first-order chi connectivity index (χ1) is 32.6. The molecule has 0 unspecified atom stereocenters. The Hall–Kier alpha value is -8.06. The van der Waals surface area contributed by atoms with Crippen molar-refractivity contribution in [3.8, 4) is 51.0 Å². The van der Waals surface area contributed by atoms with Crippen molar-refractivity contribution < 1.29 is 52.7 Å². The molecule has 4 nitrogen and oxygen atoms in total. The van der Waals surface area contributed by atoms with Crippen LogP contribution < -0.4 is 0 Å². The number of halogens is 12. The summed E-state index contributed by atoms with van der Waals surface area (Å²) in [5.41, 5.74) is -3.94. The van der Waals surface area contributed by atoms with Gasteiger partial charge in [-0.3, -0.25) is 4.98 Å². The molecule has 0 spiro atoms. The van der Waals surface area contributed by atoms with Crippen molar-refractivity contribution in [3.63, 3.8) is 0 Å². The standard InChI is InChI=1S/C53H28F12N4/c1-28-7-6-10-43(67-28)31-23-48(68-44-11-4-2-8-36(44)38-17-13-29(21-46(38)68)34-19-15-32(50(54,55)56)25-41(34)52(60,61)62)40(27-66)49(24-31)69-45-12-5-3-9-37(45)39-18-14-30(22-47(39)69)35-20-16-33(51(57,58)59)26-42(35)53(63,64)65/h2-26H,1H3. The molecule has 0 saturated carbocycles. The Morgan fingerprint density at radius 1 is 0.420 bits per heavy atom. The molecule has 16 heteroatoms. The van der Waals surface area contributed by atoms with E-state index in [4.69, 9.17) is 4.98 Å². The molecule has 3 aromatic heterocycles. The first kappa shape index (κ1) is 44.8. The number of nitrogens with zero attached hydrogens (tertiary/aromatic N) is 4. The summed E-state index contributed by atoms with van der Waals surface area (Å²) in [4.78, 5) is 4.74. The number of rotatable bonds is 5. The summed E-state index contributed by atoms with van der Waals surface area (Å²) in [5.74, 6) is 0. The molecule has 0 saturated heterocycles. The van der Waals surface area contributed by atoms with Crippen LogP contribution in [0.15, 0.2) is 152 Å². The van der Waals surface area contributed by atoms with E-state index in [0.29, 0.717) is 61.7 Å². The molecule has 10 aromatic rings. The number of pyridine rings is 1. The van der Waals surface area contributed by atoms with E-state index in [0.717, 1.165) is 12.1 Å². The zero-order valence-corrected chi connectivity index (χ0v) is 35.3. The smallest absolute Gasteiger partial charge is 0.308 e. The zero-order valence-electron chi connectivity index (χ0n) is 35.3. The fourth-order valence-corrected chi connectivity index (χ4v) is 9.14. The van der Waals surface area contributed by atoms with E-state index in [1.807, 2.05) is 0 Å². The number of benzene rings is 7. The third kappa shape index (κ3) is 7.67. The first-order valence-corrected chi connectivity index (χ1v) is 20.8. The highest BCUT2D eigenvalue weighted by molar-refractivity contribution is 6.12. The minimum Gasteiger partial charge on any atom is -0.308 e. The molecule has 0 bridgehead atoms. The van der Waals surface area contributed by atoms with Gasteiger partial charge >= 0.3 is 24.7 Å². The molecular weight excluding hydrogens is 921 g/mol. The van der Waals surface area contributed by atoms with Crippen molar-refractivity contribution in [2.45, 2.75) is 31.6 Å². The van der Waals surface area contributed by atoms with Crippen molar-refractivity contribution in [1.29, 1.82) is 5.26 Å². The number of nitriles is 1. The van der Waals surface area contributed by atoms with Crippen LogP contribution in [0.4, 0.5) is 52.7 Å². The minimum atomic E-state index is -5.20. The van der Waals surface area contributed by atoms with Crippen LogP contribution in [-0.4, -0.2) is 14.1 Å². The van der Waals surface area contributed by atoms with Crippen molar-refractivity contribution in [3.05, 3.63) is 185 Å². The Bertz CT molecular complexity index is 3550. The lowest BCUT2D eigenvalue weighted by molar-refractivity contribution is -0.144. The third-order valence-electron chi connectivity index (χ3n) is 12.1. The highest BCUT2D eigenvalue weighted by atomic mass is 19.4. The second kappa shape index (κ2) is 15.8. The fourth-order valence-electron chi connectivity index (χ4n) is 9.14. The van der Waals surface area contributed by atoms with E-state index in [2.05, 4.69) is 6.07 Å². The summed E-state index contributed by atoms with van der Waals surface area (Å²) in [6.45, 7) is 1.75. The Balaban J connectivity index is 1.30. The van der Waals surface area contributed by atoms with Crippen LogP contribution in [-0.2, 0) is 24.7 Å². The summed E-state index contributed by atoms with van der Waals surface area (Å²) in [5, 5.41) is 13.6. The molecule has 7 aromatic carbocycles. The average Bonchev–Trinajstić information content (AvgIpc) is 3.81. The molecule has 69 heavy (non-hydrogen) atoms. The highest BCUT2D eigenvalue weighted by Crippen LogP contribution is 2.46.